The van der Waals surface area contributed by atoms with E-state index in [1.807, 2.05) is 27.2 Å². The van der Waals surface area contributed by atoms with Crippen LogP contribution in [0.4, 0.5) is 0 Å². The van der Waals surface area contributed by atoms with Crippen molar-refractivity contribution in [2.45, 2.75) is 238 Å². The van der Waals surface area contributed by atoms with E-state index in [1.54, 1.807) is 6.08 Å². The molecular formula is C58H106N2O6P+. The van der Waals surface area contributed by atoms with E-state index in [0.717, 1.165) is 77.0 Å². The molecule has 0 heterocycles. The van der Waals surface area contributed by atoms with Crippen molar-refractivity contribution in [2.24, 2.45) is 0 Å². The van der Waals surface area contributed by atoms with Gasteiger partial charge in [-0.1, -0.05) is 227 Å². The number of phosphoric acid groups is 1. The third-order valence-electron chi connectivity index (χ3n) is 11.8. The molecule has 0 radical (unpaired) electrons. The molecule has 0 saturated heterocycles. The summed E-state index contributed by atoms with van der Waals surface area (Å²) in [5, 5.41) is 13.8. The Labute approximate surface area is 414 Å². The lowest BCUT2D eigenvalue weighted by Crippen LogP contribution is -2.45. The fourth-order valence-electron chi connectivity index (χ4n) is 7.52. The third-order valence-corrected chi connectivity index (χ3v) is 12.8. The SMILES string of the molecule is CC/C=C\C/C=C\C/C=C\C/C=C\CCCCCCCCCCCCCCCCCCCCCCC(=O)NC(COP(=O)(O)OCC[N+](C)(C)C)C(O)/C=C/CC/C=C/CC/C=C/CCCC. The highest BCUT2D eigenvalue weighted by atomic mass is 31.2. The highest BCUT2D eigenvalue weighted by Gasteiger charge is 2.27. The van der Waals surface area contributed by atoms with Gasteiger partial charge in [0.05, 0.1) is 39.9 Å². The first-order valence-electron chi connectivity index (χ1n) is 27.5. The van der Waals surface area contributed by atoms with Crippen molar-refractivity contribution >= 4 is 13.7 Å². The average molecular weight is 958 g/mol. The number of carbonyl (C=O) groups excluding carboxylic acids is 1. The molecule has 3 N–H and O–H groups in total. The monoisotopic (exact) mass is 958 g/mol. The summed E-state index contributed by atoms with van der Waals surface area (Å²) in [6.45, 7) is 4.62. The molecule has 8 nitrogen and oxygen atoms in total. The van der Waals surface area contributed by atoms with Crippen LogP contribution in [0.1, 0.15) is 226 Å². The van der Waals surface area contributed by atoms with Crippen molar-refractivity contribution in [2.75, 3.05) is 40.9 Å². The zero-order chi connectivity index (χ0) is 49.2. The summed E-state index contributed by atoms with van der Waals surface area (Å²) < 4.78 is 23.6. The van der Waals surface area contributed by atoms with Crippen molar-refractivity contribution < 1.29 is 32.9 Å². The molecule has 3 atom stereocenters. The van der Waals surface area contributed by atoms with Gasteiger partial charge >= 0.3 is 7.82 Å². The van der Waals surface area contributed by atoms with Gasteiger partial charge in [-0.15, -0.1) is 0 Å². The lowest BCUT2D eigenvalue weighted by atomic mass is 10.0. The van der Waals surface area contributed by atoms with Crippen molar-refractivity contribution in [3.05, 3.63) is 85.1 Å². The Morgan fingerprint density at radius 3 is 1.37 bits per heavy atom. The molecule has 0 saturated carbocycles. The molecule has 67 heavy (non-hydrogen) atoms. The number of allylic oxidation sites excluding steroid dienone is 13. The summed E-state index contributed by atoms with van der Waals surface area (Å²) in [5.41, 5.74) is 0. The Morgan fingerprint density at radius 2 is 0.910 bits per heavy atom. The van der Waals surface area contributed by atoms with Gasteiger partial charge in [-0.05, 0) is 77.0 Å². The fourth-order valence-corrected chi connectivity index (χ4v) is 8.26. The minimum Gasteiger partial charge on any atom is -0.387 e. The standard InChI is InChI=1S/C58H105N2O6P/c1-6-8-10-12-14-16-18-20-21-22-23-24-25-26-27-28-29-30-31-32-33-34-35-36-37-38-39-40-42-44-46-48-50-52-58(62)59-56(55-66-67(63,64)65-54-53-60(3,4)5)57(61)51-49-47-45-43-41-19-17-15-13-11-9-7-2/h8,10,13-16,20-21,23-24,41,43,49,51,56-57,61H,6-7,9,11-12,17-19,22,25-40,42,44-48,50,52-55H2,1-5H3,(H-,59,62,63,64)/p+1/b10-8-,15-13+,16-14-,21-20-,24-23-,43-41+,51-49+. The van der Waals surface area contributed by atoms with Crippen LogP contribution in [-0.2, 0) is 18.4 Å². The van der Waals surface area contributed by atoms with E-state index in [-0.39, 0.29) is 19.1 Å². The molecule has 3 unspecified atom stereocenters. The zero-order valence-corrected chi connectivity index (χ0v) is 45.0. The van der Waals surface area contributed by atoms with Gasteiger partial charge in [0.25, 0.3) is 0 Å². The number of amides is 1. The molecule has 388 valence electrons. The largest absolute Gasteiger partial charge is 0.472 e. The van der Waals surface area contributed by atoms with Gasteiger partial charge in [0, 0.05) is 6.42 Å². The number of hydrogen-bond acceptors (Lipinski definition) is 5. The van der Waals surface area contributed by atoms with E-state index in [0.29, 0.717) is 17.4 Å². The number of aliphatic hydroxyl groups is 1. The number of aliphatic hydroxyl groups excluding tert-OH is 1. The maximum Gasteiger partial charge on any atom is 0.472 e. The Bertz CT molecular complexity index is 1360. The van der Waals surface area contributed by atoms with Crippen LogP contribution in [0, 0.1) is 0 Å². The van der Waals surface area contributed by atoms with Crippen LogP contribution in [0.5, 0.6) is 0 Å². The molecule has 0 bridgehead atoms. The van der Waals surface area contributed by atoms with Crippen molar-refractivity contribution in [1.29, 1.82) is 0 Å². The molecule has 0 aromatic heterocycles. The third kappa shape index (κ3) is 51.4. The Kier molecular flexibility index (Phi) is 47.0. The Morgan fingerprint density at radius 1 is 0.522 bits per heavy atom. The van der Waals surface area contributed by atoms with Crippen LogP contribution in [0.15, 0.2) is 85.1 Å². The van der Waals surface area contributed by atoms with E-state index >= 15 is 0 Å². The molecule has 0 aliphatic carbocycles. The van der Waals surface area contributed by atoms with E-state index in [1.165, 1.54) is 128 Å². The van der Waals surface area contributed by atoms with Crippen molar-refractivity contribution in [3.63, 3.8) is 0 Å². The van der Waals surface area contributed by atoms with Crippen LogP contribution in [0.3, 0.4) is 0 Å². The minimum absolute atomic E-state index is 0.0515. The molecule has 0 rings (SSSR count). The number of likely N-dealkylation sites (N-methyl/N-ethyl adjacent to an activating group) is 1. The summed E-state index contributed by atoms with van der Waals surface area (Å²) in [4.78, 5) is 23.2. The number of nitrogens with zero attached hydrogens (tertiary/aromatic N) is 1. The smallest absolute Gasteiger partial charge is 0.387 e. The maximum atomic E-state index is 12.9. The van der Waals surface area contributed by atoms with E-state index < -0.39 is 20.0 Å². The first kappa shape index (κ1) is 64.7. The fraction of sp³-hybridized carbons (Fsp3) is 0.741. The second-order valence-electron chi connectivity index (χ2n) is 19.6. The maximum absolute atomic E-state index is 12.9. The van der Waals surface area contributed by atoms with Crippen LogP contribution < -0.4 is 5.32 Å². The first-order chi connectivity index (χ1) is 32.5. The van der Waals surface area contributed by atoms with Crippen molar-refractivity contribution in [3.8, 4) is 0 Å². The predicted molar refractivity (Wildman–Crippen MR) is 290 cm³/mol. The van der Waals surface area contributed by atoms with Gasteiger partial charge in [0.1, 0.15) is 13.2 Å². The van der Waals surface area contributed by atoms with Gasteiger partial charge in [0.15, 0.2) is 0 Å². The second kappa shape index (κ2) is 48.7. The number of carbonyl (C=O) groups is 1. The number of phosphoric ester groups is 1. The van der Waals surface area contributed by atoms with Gasteiger partial charge in [-0.25, -0.2) is 4.57 Å². The lowest BCUT2D eigenvalue weighted by Gasteiger charge is -2.25. The lowest BCUT2D eigenvalue weighted by molar-refractivity contribution is -0.870. The molecular weight excluding hydrogens is 852 g/mol. The highest BCUT2D eigenvalue weighted by molar-refractivity contribution is 7.47. The average Bonchev–Trinajstić information content (AvgIpc) is 3.29. The molecule has 0 aliphatic heterocycles. The summed E-state index contributed by atoms with van der Waals surface area (Å²) in [6, 6.07) is -0.871. The Balaban J connectivity index is 4.04. The first-order valence-corrected chi connectivity index (χ1v) is 29.0. The molecule has 0 aromatic carbocycles. The molecule has 9 heteroatoms. The minimum atomic E-state index is -4.35. The van der Waals surface area contributed by atoms with E-state index in [2.05, 4.69) is 92.1 Å². The molecule has 0 spiro atoms. The molecule has 1 amide bonds. The second-order valence-corrected chi connectivity index (χ2v) is 21.0. The summed E-state index contributed by atoms with van der Waals surface area (Å²) in [6.07, 6.45) is 68.4. The van der Waals surface area contributed by atoms with Crippen LogP contribution in [-0.4, -0.2) is 73.4 Å². The summed E-state index contributed by atoms with van der Waals surface area (Å²) >= 11 is 0. The van der Waals surface area contributed by atoms with Crippen LogP contribution >= 0.6 is 7.82 Å². The number of rotatable bonds is 49. The van der Waals surface area contributed by atoms with Crippen molar-refractivity contribution in [1.82, 2.24) is 5.32 Å². The number of quaternary nitrogens is 1. The normalized spacial score (nSPS) is 14.7. The van der Waals surface area contributed by atoms with Gasteiger partial charge < -0.3 is 19.8 Å². The van der Waals surface area contributed by atoms with Gasteiger partial charge in [-0.3, -0.25) is 13.8 Å². The quantitative estimate of drug-likeness (QED) is 0.0243. The summed E-state index contributed by atoms with van der Waals surface area (Å²) in [7, 11) is 1.54. The number of hydrogen-bond donors (Lipinski definition) is 3. The summed E-state index contributed by atoms with van der Waals surface area (Å²) in [5.74, 6) is -0.193. The Hall–Kier alpha value is -2.32. The number of nitrogens with one attached hydrogen (secondary N) is 1. The predicted octanol–water partition coefficient (Wildman–Crippen LogP) is 16.5. The van der Waals surface area contributed by atoms with Gasteiger partial charge in [0.2, 0.25) is 5.91 Å². The zero-order valence-electron chi connectivity index (χ0n) is 44.1. The molecule has 0 aromatic rings. The van der Waals surface area contributed by atoms with E-state index in [4.69, 9.17) is 9.05 Å². The number of unbranched alkanes of at least 4 members (excludes halogenated alkanes) is 24. The topological polar surface area (TPSA) is 105 Å². The van der Waals surface area contributed by atoms with E-state index in [9.17, 15) is 19.4 Å². The highest BCUT2D eigenvalue weighted by Crippen LogP contribution is 2.43. The molecule has 0 aliphatic rings. The van der Waals surface area contributed by atoms with Gasteiger partial charge in [-0.2, -0.15) is 0 Å². The van der Waals surface area contributed by atoms with Crippen LogP contribution in [0.25, 0.3) is 0 Å². The van der Waals surface area contributed by atoms with Crippen LogP contribution in [0.2, 0.25) is 0 Å². The molecule has 0 fully saturated rings.